The molecule has 0 fully saturated rings. The second kappa shape index (κ2) is 14.2. The van der Waals surface area contributed by atoms with E-state index < -0.39 is 5.91 Å². The van der Waals surface area contributed by atoms with Gasteiger partial charge in [0, 0.05) is 11.3 Å². The van der Waals surface area contributed by atoms with Crippen molar-refractivity contribution in [3.63, 3.8) is 0 Å². The average Bonchev–Trinajstić information content (AvgIpc) is 2.96. The van der Waals surface area contributed by atoms with Crippen LogP contribution in [-0.4, -0.2) is 31.2 Å². The third-order valence-electron chi connectivity index (χ3n) is 5.65. The molecule has 40 heavy (non-hydrogen) atoms. The van der Waals surface area contributed by atoms with Gasteiger partial charge in [0.05, 0.1) is 12.8 Å². The van der Waals surface area contributed by atoms with E-state index in [1.807, 2.05) is 68.4 Å². The molecule has 0 heterocycles. The number of ether oxygens (including phenoxy) is 3. The van der Waals surface area contributed by atoms with Gasteiger partial charge < -0.3 is 19.5 Å². The van der Waals surface area contributed by atoms with Gasteiger partial charge in [-0.3, -0.25) is 9.59 Å². The summed E-state index contributed by atoms with van der Waals surface area (Å²) in [6, 6.07) is 29.4. The minimum atomic E-state index is -0.396. The van der Waals surface area contributed by atoms with E-state index in [0.29, 0.717) is 47.3 Å². The number of rotatable bonds is 12. The average molecular weight is 538 g/mol. The first-order valence-electron chi connectivity index (χ1n) is 12.9. The van der Waals surface area contributed by atoms with Crippen LogP contribution in [0.1, 0.15) is 34.0 Å². The van der Waals surface area contributed by atoms with E-state index in [0.717, 1.165) is 11.1 Å². The number of anilines is 1. The van der Waals surface area contributed by atoms with E-state index in [1.54, 1.807) is 42.5 Å². The zero-order valence-corrected chi connectivity index (χ0v) is 22.4. The molecule has 0 atom stereocenters. The van der Waals surface area contributed by atoms with Gasteiger partial charge in [-0.2, -0.15) is 5.10 Å². The van der Waals surface area contributed by atoms with Crippen LogP contribution in [0.4, 0.5) is 5.69 Å². The number of nitrogens with zero attached hydrogens (tertiary/aromatic N) is 1. The Morgan fingerprint density at radius 3 is 2.45 bits per heavy atom. The van der Waals surface area contributed by atoms with Crippen molar-refractivity contribution in [1.82, 2.24) is 5.43 Å². The molecule has 0 aromatic heterocycles. The lowest BCUT2D eigenvalue weighted by molar-refractivity contribution is -0.118. The minimum absolute atomic E-state index is 0.140. The van der Waals surface area contributed by atoms with E-state index in [2.05, 4.69) is 15.8 Å². The van der Waals surface area contributed by atoms with Gasteiger partial charge in [0.2, 0.25) is 0 Å². The molecule has 4 aromatic carbocycles. The molecule has 0 spiro atoms. The second-order valence-corrected chi connectivity index (χ2v) is 8.85. The maximum atomic E-state index is 12.7. The minimum Gasteiger partial charge on any atom is -0.490 e. The number of benzene rings is 4. The first-order valence-corrected chi connectivity index (χ1v) is 12.9. The third kappa shape index (κ3) is 8.46. The molecule has 8 heteroatoms. The van der Waals surface area contributed by atoms with Gasteiger partial charge in [0.15, 0.2) is 18.1 Å². The van der Waals surface area contributed by atoms with Gasteiger partial charge >= 0.3 is 0 Å². The highest BCUT2D eigenvalue weighted by atomic mass is 16.5. The monoisotopic (exact) mass is 537 g/mol. The summed E-state index contributed by atoms with van der Waals surface area (Å²) in [5, 5.41) is 6.87. The maximum absolute atomic E-state index is 12.7. The molecule has 8 nitrogen and oxygen atoms in total. The Morgan fingerprint density at radius 1 is 0.825 bits per heavy atom. The van der Waals surface area contributed by atoms with Crippen LogP contribution in [-0.2, 0) is 11.4 Å². The number of carbonyl (C=O) groups is 2. The number of carbonyl (C=O) groups excluding carboxylic acids is 2. The Morgan fingerprint density at radius 2 is 1.65 bits per heavy atom. The lowest BCUT2D eigenvalue weighted by Crippen LogP contribution is -2.20. The quantitative estimate of drug-likeness (QED) is 0.177. The Bertz CT molecular complexity index is 1470. The number of amides is 2. The summed E-state index contributed by atoms with van der Waals surface area (Å²) >= 11 is 0. The summed E-state index contributed by atoms with van der Waals surface area (Å²) in [7, 11) is 0. The van der Waals surface area contributed by atoms with Crippen LogP contribution >= 0.6 is 0 Å². The standard InChI is InChI=1S/C32H31N3O5/c1-3-38-30-19-26(15-16-29(30)40-21-24-10-5-4-6-11-24)32(37)35-33-20-25-12-8-14-28(18-25)39-22-31(36)34-27-13-7-9-23(2)17-27/h4-20H,3,21-22H2,1-2H3,(H,34,36)(H,35,37)/b33-20+. The van der Waals surface area contributed by atoms with Crippen molar-refractivity contribution < 1.29 is 23.8 Å². The van der Waals surface area contributed by atoms with E-state index in [-0.39, 0.29) is 12.5 Å². The van der Waals surface area contributed by atoms with E-state index in [1.165, 1.54) is 6.21 Å². The summed E-state index contributed by atoms with van der Waals surface area (Å²) in [4.78, 5) is 24.9. The number of hydrogen-bond acceptors (Lipinski definition) is 6. The van der Waals surface area contributed by atoms with Crippen LogP contribution in [0.15, 0.2) is 102 Å². The van der Waals surface area contributed by atoms with Crippen LogP contribution in [0.25, 0.3) is 0 Å². The van der Waals surface area contributed by atoms with Crippen molar-refractivity contribution in [3.8, 4) is 17.2 Å². The fourth-order valence-electron chi connectivity index (χ4n) is 3.76. The molecular formula is C32H31N3O5. The number of hydrogen-bond donors (Lipinski definition) is 2. The van der Waals surface area contributed by atoms with Crippen molar-refractivity contribution in [2.75, 3.05) is 18.5 Å². The van der Waals surface area contributed by atoms with Crippen LogP contribution in [0, 0.1) is 6.92 Å². The van der Waals surface area contributed by atoms with E-state index >= 15 is 0 Å². The molecule has 2 N–H and O–H groups in total. The zero-order valence-electron chi connectivity index (χ0n) is 22.4. The smallest absolute Gasteiger partial charge is 0.271 e. The summed E-state index contributed by atoms with van der Waals surface area (Å²) in [6.07, 6.45) is 1.50. The molecule has 0 aliphatic rings. The molecule has 4 rings (SSSR count). The van der Waals surface area contributed by atoms with Gasteiger partial charge in [0.1, 0.15) is 12.4 Å². The highest BCUT2D eigenvalue weighted by Gasteiger charge is 2.12. The fourth-order valence-corrected chi connectivity index (χ4v) is 3.76. The van der Waals surface area contributed by atoms with Gasteiger partial charge in [-0.25, -0.2) is 5.43 Å². The van der Waals surface area contributed by atoms with Crippen molar-refractivity contribution >= 4 is 23.7 Å². The Balaban J connectivity index is 1.31. The summed E-state index contributed by atoms with van der Waals surface area (Å²) < 4.78 is 17.2. The number of nitrogens with one attached hydrogen (secondary N) is 2. The Hall–Kier alpha value is -5.11. The first-order chi connectivity index (χ1) is 19.5. The summed E-state index contributed by atoms with van der Waals surface area (Å²) in [5.74, 6) is 0.871. The molecule has 2 amide bonds. The second-order valence-electron chi connectivity index (χ2n) is 8.85. The Kier molecular flexibility index (Phi) is 9.88. The topological polar surface area (TPSA) is 98.3 Å². The van der Waals surface area contributed by atoms with Gasteiger partial charge in [-0.1, -0.05) is 54.6 Å². The van der Waals surface area contributed by atoms with Crippen LogP contribution in [0.3, 0.4) is 0 Å². The van der Waals surface area contributed by atoms with Crippen LogP contribution in [0.2, 0.25) is 0 Å². The molecule has 0 saturated carbocycles. The van der Waals surface area contributed by atoms with Crippen molar-refractivity contribution in [3.05, 3.63) is 119 Å². The predicted molar refractivity (Wildman–Crippen MR) is 155 cm³/mol. The third-order valence-corrected chi connectivity index (χ3v) is 5.65. The molecule has 0 aliphatic carbocycles. The molecule has 0 saturated heterocycles. The van der Waals surface area contributed by atoms with Crippen molar-refractivity contribution in [1.29, 1.82) is 0 Å². The van der Waals surface area contributed by atoms with Crippen LogP contribution in [0.5, 0.6) is 17.2 Å². The first kappa shape index (κ1) is 27.9. The number of aryl methyl sites for hydroxylation is 1. The highest BCUT2D eigenvalue weighted by Crippen LogP contribution is 2.29. The lowest BCUT2D eigenvalue weighted by Gasteiger charge is -2.13. The number of hydrazone groups is 1. The molecule has 0 radical (unpaired) electrons. The van der Waals surface area contributed by atoms with Gasteiger partial charge in [-0.05, 0) is 73.0 Å². The zero-order chi connectivity index (χ0) is 28.2. The molecule has 0 unspecified atom stereocenters. The fraction of sp³-hybridized carbons (Fsp3) is 0.156. The van der Waals surface area contributed by atoms with Crippen LogP contribution < -0.4 is 25.0 Å². The van der Waals surface area contributed by atoms with Gasteiger partial charge in [-0.15, -0.1) is 0 Å². The van der Waals surface area contributed by atoms with E-state index in [4.69, 9.17) is 14.2 Å². The SMILES string of the molecule is CCOc1cc(C(=O)N/N=C/c2cccc(OCC(=O)Nc3cccc(C)c3)c2)ccc1OCc1ccccc1. The molecular weight excluding hydrogens is 506 g/mol. The Labute approximate surface area is 233 Å². The maximum Gasteiger partial charge on any atom is 0.271 e. The van der Waals surface area contributed by atoms with Gasteiger partial charge in [0.25, 0.3) is 11.8 Å². The summed E-state index contributed by atoms with van der Waals surface area (Å²) in [6.45, 7) is 4.50. The molecule has 4 aromatic rings. The molecule has 204 valence electrons. The highest BCUT2D eigenvalue weighted by molar-refractivity contribution is 5.95. The molecule has 0 bridgehead atoms. The normalized spacial score (nSPS) is 10.7. The van der Waals surface area contributed by atoms with Crippen molar-refractivity contribution in [2.45, 2.75) is 20.5 Å². The summed E-state index contributed by atoms with van der Waals surface area (Å²) in [5.41, 5.74) is 6.39. The lowest BCUT2D eigenvalue weighted by atomic mass is 10.2. The largest absolute Gasteiger partial charge is 0.490 e. The molecule has 0 aliphatic heterocycles. The predicted octanol–water partition coefficient (Wildman–Crippen LogP) is 5.75. The van der Waals surface area contributed by atoms with E-state index in [9.17, 15) is 9.59 Å². The van der Waals surface area contributed by atoms with Crippen molar-refractivity contribution in [2.24, 2.45) is 5.10 Å².